The van der Waals surface area contributed by atoms with Crippen LogP contribution in [0.3, 0.4) is 0 Å². The lowest BCUT2D eigenvalue weighted by Crippen LogP contribution is -2.64. The van der Waals surface area contributed by atoms with E-state index in [1.54, 1.807) is 13.3 Å². The van der Waals surface area contributed by atoms with E-state index in [0.29, 0.717) is 12.5 Å². The summed E-state index contributed by atoms with van der Waals surface area (Å²) in [6.45, 7) is 4.48. The molecule has 0 N–H and O–H groups in total. The van der Waals surface area contributed by atoms with Gasteiger partial charge in [0.1, 0.15) is 5.75 Å². The minimum atomic E-state index is -0.112. The van der Waals surface area contributed by atoms with E-state index >= 15 is 0 Å². The fourth-order valence-corrected chi connectivity index (χ4v) is 4.09. The molecule has 0 unspecified atom stereocenters. The first-order valence-corrected chi connectivity index (χ1v) is 9.22. The quantitative estimate of drug-likeness (QED) is 0.777. The molecule has 2 fully saturated rings. The molecule has 0 radical (unpaired) electrons. The second kappa shape index (κ2) is 7.08. The topological polar surface area (TPSA) is 45.7 Å². The van der Waals surface area contributed by atoms with Gasteiger partial charge in [0.25, 0.3) is 0 Å². The predicted octanol–water partition coefficient (Wildman–Crippen LogP) is 2.71. The Kier molecular flexibility index (Phi) is 4.64. The highest BCUT2D eigenvalue weighted by Gasteiger charge is 2.52. The minimum Gasteiger partial charge on any atom is -0.497 e. The molecule has 2 saturated heterocycles. The number of piperidine rings is 1. The molecule has 0 aliphatic carbocycles. The van der Waals surface area contributed by atoms with E-state index in [2.05, 4.69) is 22.0 Å². The van der Waals surface area contributed by atoms with Crippen molar-refractivity contribution in [1.82, 2.24) is 14.8 Å². The Hall–Kier alpha value is -2.40. The van der Waals surface area contributed by atoms with Crippen LogP contribution in [0, 0.1) is 5.41 Å². The first kappa shape index (κ1) is 17.0. The van der Waals surface area contributed by atoms with Gasteiger partial charge in [-0.3, -0.25) is 14.7 Å². The highest BCUT2D eigenvalue weighted by atomic mass is 16.5. The number of carbonyl (C=O) groups excluding carboxylic acids is 1. The number of carbonyl (C=O) groups is 1. The van der Waals surface area contributed by atoms with Gasteiger partial charge in [0.05, 0.1) is 12.5 Å². The molecule has 26 heavy (non-hydrogen) atoms. The van der Waals surface area contributed by atoms with Crippen LogP contribution in [0.4, 0.5) is 0 Å². The third-order valence-electron chi connectivity index (χ3n) is 5.71. The number of aromatic nitrogens is 1. The lowest BCUT2D eigenvalue weighted by Gasteiger charge is -2.52. The van der Waals surface area contributed by atoms with Crippen molar-refractivity contribution in [2.75, 3.05) is 26.7 Å². The van der Waals surface area contributed by atoms with Crippen molar-refractivity contribution >= 4 is 5.91 Å². The third-order valence-corrected chi connectivity index (χ3v) is 5.71. The van der Waals surface area contributed by atoms with Gasteiger partial charge in [0, 0.05) is 32.0 Å². The van der Waals surface area contributed by atoms with E-state index in [9.17, 15) is 4.79 Å². The molecule has 5 heteroatoms. The first-order chi connectivity index (χ1) is 12.7. The lowest BCUT2D eigenvalue weighted by molar-refractivity contribution is -0.166. The van der Waals surface area contributed by atoms with Crippen LogP contribution < -0.4 is 4.74 Å². The van der Waals surface area contributed by atoms with Crippen LogP contribution in [0.25, 0.3) is 0 Å². The van der Waals surface area contributed by atoms with Crippen molar-refractivity contribution < 1.29 is 9.53 Å². The molecule has 1 aromatic carbocycles. The monoisotopic (exact) mass is 351 g/mol. The highest BCUT2D eigenvalue weighted by Crippen LogP contribution is 2.42. The number of pyridine rings is 1. The minimum absolute atomic E-state index is 0.112. The summed E-state index contributed by atoms with van der Waals surface area (Å²) in [4.78, 5) is 21.3. The Morgan fingerprint density at radius 3 is 2.46 bits per heavy atom. The van der Waals surface area contributed by atoms with Gasteiger partial charge in [-0.05, 0) is 55.3 Å². The van der Waals surface area contributed by atoms with Gasteiger partial charge in [-0.25, -0.2) is 0 Å². The molecule has 1 spiro atoms. The van der Waals surface area contributed by atoms with Gasteiger partial charge in [-0.15, -0.1) is 0 Å². The van der Waals surface area contributed by atoms with Crippen LogP contribution >= 0.6 is 0 Å². The van der Waals surface area contributed by atoms with Crippen LogP contribution in [-0.4, -0.2) is 47.4 Å². The maximum Gasteiger partial charge on any atom is 0.231 e. The van der Waals surface area contributed by atoms with E-state index in [1.807, 2.05) is 35.4 Å². The number of amides is 1. The van der Waals surface area contributed by atoms with Crippen LogP contribution in [0.15, 0.2) is 48.8 Å². The summed E-state index contributed by atoms with van der Waals surface area (Å²) in [6.07, 6.45) is 5.54. The molecule has 0 atom stereocenters. The third kappa shape index (κ3) is 3.31. The predicted molar refractivity (Wildman–Crippen MR) is 99.6 cm³/mol. The van der Waals surface area contributed by atoms with Gasteiger partial charge in [0.2, 0.25) is 5.91 Å². The van der Waals surface area contributed by atoms with Crippen LogP contribution in [0.1, 0.15) is 24.0 Å². The molecule has 3 heterocycles. The van der Waals surface area contributed by atoms with Gasteiger partial charge in [-0.2, -0.15) is 0 Å². The maximum atomic E-state index is 12.8. The largest absolute Gasteiger partial charge is 0.497 e. The van der Waals surface area contributed by atoms with Gasteiger partial charge >= 0.3 is 0 Å². The zero-order chi connectivity index (χ0) is 18.0. The smallest absolute Gasteiger partial charge is 0.231 e. The molecule has 2 aromatic rings. The number of ether oxygens (including phenoxy) is 1. The van der Waals surface area contributed by atoms with Crippen molar-refractivity contribution in [2.24, 2.45) is 5.41 Å². The Morgan fingerprint density at radius 2 is 1.85 bits per heavy atom. The number of rotatable bonds is 5. The number of benzene rings is 1. The molecule has 0 saturated carbocycles. The Labute approximate surface area is 154 Å². The summed E-state index contributed by atoms with van der Waals surface area (Å²) in [7, 11) is 1.69. The number of hydrogen-bond donors (Lipinski definition) is 0. The van der Waals surface area contributed by atoms with Gasteiger partial charge < -0.3 is 9.64 Å². The SMILES string of the molecule is COc1ccc(CN2CCC3(CC2)CN(Cc2cccnc2)C3=O)cc1. The van der Waals surface area contributed by atoms with Crippen LogP contribution in [0.2, 0.25) is 0 Å². The van der Waals surface area contributed by atoms with Crippen molar-refractivity contribution in [3.8, 4) is 5.75 Å². The van der Waals surface area contributed by atoms with Crippen molar-refractivity contribution in [3.63, 3.8) is 0 Å². The molecular formula is C21H25N3O2. The molecule has 2 aliphatic rings. The summed E-state index contributed by atoms with van der Waals surface area (Å²) < 4.78 is 5.21. The number of likely N-dealkylation sites (tertiary alicyclic amines) is 2. The second-order valence-corrected chi connectivity index (χ2v) is 7.43. The van der Waals surface area contributed by atoms with E-state index < -0.39 is 0 Å². The molecular weight excluding hydrogens is 326 g/mol. The summed E-state index contributed by atoms with van der Waals surface area (Å²) in [5, 5.41) is 0. The van der Waals surface area contributed by atoms with Crippen LogP contribution in [0.5, 0.6) is 5.75 Å². The normalized spacial score (nSPS) is 19.4. The fraction of sp³-hybridized carbons (Fsp3) is 0.429. The summed E-state index contributed by atoms with van der Waals surface area (Å²) in [6, 6.07) is 12.2. The molecule has 0 bridgehead atoms. The molecule has 136 valence electrons. The average molecular weight is 351 g/mol. The van der Waals surface area contributed by atoms with Crippen molar-refractivity contribution in [3.05, 3.63) is 59.9 Å². The number of hydrogen-bond acceptors (Lipinski definition) is 4. The molecule has 4 rings (SSSR count). The lowest BCUT2D eigenvalue weighted by atomic mass is 9.71. The zero-order valence-corrected chi connectivity index (χ0v) is 15.2. The van der Waals surface area contributed by atoms with Crippen LogP contribution in [-0.2, 0) is 17.9 Å². The van der Waals surface area contributed by atoms with Gasteiger partial charge in [-0.1, -0.05) is 18.2 Å². The average Bonchev–Trinajstić information content (AvgIpc) is 2.70. The Bertz CT molecular complexity index is 753. The van der Waals surface area contributed by atoms with E-state index in [4.69, 9.17) is 4.74 Å². The Morgan fingerprint density at radius 1 is 1.08 bits per heavy atom. The summed E-state index contributed by atoms with van der Waals surface area (Å²) in [5.41, 5.74) is 2.28. The van der Waals surface area contributed by atoms with E-state index in [1.165, 1.54) is 5.56 Å². The zero-order valence-electron chi connectivity index (χ0n) is 15.2. The molecule has 1 aromatic heterocycles. The molecule has 1 amide bonds. The Balaban J connectivity index is 1.29. The summed E-state index contributed by atoms with van der Waals surface area (Å²) >= 11 is 0. The number of methoxy groups -OCH3 is 1. The number of β-lactam (4-membered cyclic amide) rings is 1. The standard InChI is InChI=1S/C21H25N3O2/c1-26-19-6-4-17(5-7-19)14-23-11-8-21(9-12-23)16-24(20(21)25)15-18-3-2-10-22-13-18/h2-7,10,13H,8-9,11-12,14-16H2,1H3. The number of nitrogens with zero attached hydrogens (tertiary/aromatic N) is 3. The first-order valence-electron chi connectivity index (χ1n) is 9.22. The van der Waals surface area contributed by atoms with Gasteiger partial charge in [0.15, 0.2) is 0 Å². The second-order valence-electron chi connectivity index (χ2n) is 7.43. The summed E-state index contributed by atoms with van der Waals surface area (Å²) in [5.74, 6) is 1.21. The fourth-order valence-electron chi connectivity index (χ4n) is 4.09. The van der Waals surface area contributed by atoms with Crippen molar-refractivity contribution in [2.45, 2.75) is 25.9 Å². The molecule has 5 nitrogen and oxygen atoms in total. The van der Waals surface area contributed by atoms with E-state index in [-0.39, 0.29) is 5.41 Å². The van der Waals surface area contributed by atoms with Crippen molar-refractivity contribution in [1.29, 1.82) is 0 Å². The van der Waals surface area contributed by atoms with E-state index in [0.717, 1.165) is 50.3 Å². The maximum absolute atomic E-state index is 12.8. The molecule has 2 aliphatic heterocycles. The highest BCUT2D eigenvalue weighted by molar-refractivity contribution is 5.88.